The Labute approximate surface area is 189 Å². The average Bonchev–Trinajstić information content (AvgIpc) is 3.00. The van der Waals surface area contributed by atoms with Crippen LogP contribution in [0.3, 0.4) is 0 Å². The summed E-state index contributed by atoms with van der Waals surface area (Å²) in [6, 6.07) is 12.4. The molecular weight excluding hydrogens is 460 g/mol. The Morgan fingerprint density at radius 2 is 1.97 bits per heavy atom. The first-order valence-electron chi connectivity index (χ1n) is 10.4. The predicted octanol–water partition coefficient (Wildman–Crippen LogP) is 4.45. The van der Waals surface area contributed by atoms with E-state index in [4.69, 9.17) is 9.15 Å². The molecule has 6 nitrogen and oxygen atoms in total. The van der Waals surface area contributed by atoms with E-state index in [2.05, 4.69) is 20.8 Å². The maximum Gasteiger partial charge on any atom is 0.290 e. The van der Waals surface area contributed by atoms with Crippen LogP contribution in [0, 0.1) is 0 Å². The Bertz CT molecular complexity index is 1190. The van der Waals surface area contributed by atoms with Gasteiger partial charge in [-0.3, -0.25) is 9.59 Å². The lowest BCUT2D eigenvalue weighted by Gasteiger charge is -2.26. The van der Waals surface area contributed by atoms with E-state index in [0.29, 0.717) is 35.4 Å². The molecule has 0 saturated carbocycles. The number of benzene rings is 2. The number of carbonyl (C=O) groups is 1. The Hall–Kier alpha value is -2.64. The zero-order valence-corrected chi connectivity index (χ0v) is 19.4. The third-order valence-electron chi connectivity index (χ3n) is 5.42. The first-order valence-corrected chi connectivity index (χ1v) is 11.1. The minimum absolute atomic E-state index is 0.126. The lowest BCUT2D eigenvalue weighted by Crippen LogP contribution is -2.32. The minimum Gasteiger partial charge on any atom is -0.494 e. The van der Waals surface area contributed by atoms with Crippen LogP contribution >= 0.6 is 15.9 Å². The smallest absolute Gasteiger partial charge is 0.290 e. The fourth-order valence-electron chi connectivity index (χ4n) is 4.07. The molecule has 1 atom stereocenters. The molecule has 1 aliphatic heterocycles. The quantitative estimate of drug-likeness (QED) is 0.495. The van der Waals surface area contributed by atoms with Crippen LogP contribution in [-0.2, 0) is 0 Å². The van der Waals surface area contributed by atoms with Crippen molar-refractivity contribution in [2.75, 3.05) is 33.8 Å². The third-order valence-corrected chi connectivity index (χ3v) is 5.91. The van der Waals surface area contributed by atoms with Crippen LogP contribution in [0.15, 0.2) is 56.1 Å². The minimum atomic E-state index is -0.477. The van der Waals surface area contributed by atoms with Crippen LogP contribution < -0.4 is 10.2 Å². The normalized spacial score (nSPS) is 15.7. The summed E-state index contributed by atoms with van der Waals surface area (Å²) in [5.41, 5.74) is 1.48. The second-order valence-electron chi connectivity index (χ2n) is 7.88. The van der Waals surface area contributed by atoms with E-state index in [0.717, 1.165) is 23.0 Å². The Balaban J connectivity index is 1.86. The molecule has 1 aliphatic rings. The van der Waals surface area contributed by atoms with Gasteiger partial charge >= 0.3 is 0 Å². The molecule has 0 N–H and O–H groups in total. The van der Waals surface area contributed by atoms with Crippen LogP contribution in [0.25, 0.3) is 11.0 Å². The Kier molecular flexibility index (Phi) is 6.16. The van der Waals surface area contributed by atoms with E-state index >= 15 is 0 Å². The van der Waals surface area contributed by atoms with Crippen LogP contribution in [0.2, 0.25) is 0 Å². The van der Waals surface area contributed by atoms with Crippen molar-refractivity contribution in [3.05, 3.63) is 74.0 Å². The molecule has 1 amide bonds. The largest absolute Gasteiger partial charge is 0.494 e. The second-order valence-corrected chi connectivity index (χ2v) is 8.79. The highest BCUT2D eigenvalue weighted by atomic mass is 79.9. The summed E-state index contributed by atoms with van der Waals surface area (Å²) in [6.45, 7) is 3.76. The summed E-state index contributed by atoms with van der Waals surface area (Å²) < 4.78 is 12.5. The van der Waals surface area contributed by atoms with Crippen molar-refractivity contribution < 1.29 is 13.9 Å². The van der Waals surface area contributed by atoms with Crippen LogP contribution in [0.4, 0.5) is 0 Å². The molecule has 0 radical (unpaired) electrons. The van der Waals surface area contributed by atoms with Gasteiger partial charge in [-0.1, -0.05) is 28.1 Å². The molecule has 0 bridgehead atoms. The molecular formula is C24H25BrN2O4. The molecule has 0 aliphatic carbocycles. The number of nitrogens with zero attached hydrogens (tertiary/aromatic N) is 2. The van der Waals surface area contributed by atoms with E-state index < -0.39 is 6.04 Å². The molecule has 1 unspecified atom stereocenters. The second kappa shape index (κ2) is 8.85. The van der Waals surface area contributed by atoms with Gasteiger partial charge < -0.3 is 19.0 Å². The van der Waals surface area contributed by atoms with Gasteiger partial charge in [-0.25, -0.2) is 0 Å². The van der Waals surface area contributed by atoms with Gasteiger partial charge in [0.15, 0.2) is 5.43 Å². The van der Waals surface area contributed by atoms with Gasteiger partial charge in [-0.2, -0.15) is 0 Å². The van der Waals surface area contributed by atoms with Gasteiger partial charge in [0.25, 0.3) is 5.91 Å². The zero-order valence-electron chi connectivity index (χ0n) is 17.9. The van der Waals surface area contributed by atoms with E-state index in [1.807, 2.05) is 45.3 Å². The molecule has 2 heterocycles. The lowest BCUT2D eigenvalue weighted by atomic mass is 9.98. The fourth-order valence-corrected chi connectivity index (χ4v) is 4.48. The van der Waals surface area contributed by atoms with Crippen molar-refractivity contribution in [1.82, 2.24) is 9.80 Å². The van der Waals surface area contributed by atoms with Crippen LogP contribution in [-0.4, -0.2) is 49.5 Å². The predicted molar refractivity (Wildman–Crippen MR) is 124 cm³/mol. The highest BCUT2D eigenvalue weighted by Crippen LogP contribution is 2.39. The molecule has 31 heavy (non-hydrogen) atoms. The SMILES string of the molecule is CCOc1ccc2c(=O)c3c(oc2c1)C(=O)N(CCCN(C)C)C3c1cccc(Br)c1. The number of halogens is 1. The van der Waals surface area contributed by atoms with Gasteiger partial charge in [0.2, 0.25) is 5.76 Å². The van der Waals surface area contributed by atoms with E-state index in [-0.39, 0.29) is 17.1 Å². The van der Waals surface area contributed by atoms with Gasteiger partial charge in [-0.15, -0.1) is 0 Å². The summed E-state index contributed by atoms with van der Waals surface area (Å²) in [5, 5.41) is 0.449. The molecule has 0 saturated heterocycles. The number of rotatable bonds is 7. The highest BCUT2D eigenvalue weighted by molar-refractivity contribution is 9.10. The summed E-state index contributed by atoms with van der Waals surface area (Å²) >= 11 is 3.51. The molecule has 2 aromatic carbocycles. The van der Waals surface area contributed by atoms with Crippen molar-refractivity contribution in [3.63, 3.8) is 0 Å². The number of hydrogen-bond donors (Lipinski definition) is 0. The van der Waals surface area contributed by atoms with E-state index in [9.17, 15) is 9.59 Å². The van der Waals surface area contributed by atoms with Gasteiger partial charge in [0.05, 0.1) is 23.6 Å². The van der Waals surface area contributed by atoms with Crippen LogP contribution in [0.5, 0.6) is 5.75 Å². The fraction of sp³-hybridized carbons (Fsp3) is 0.333. The molecule has 3 aromatic rings. The Morgan fingerprint density at radius 1 is 1.16 bits per heavy atom. The molecule has 1 aromatic heterocycles. The number of fused-ring (bicyclic) bond motifs is 2. The first-order chi connectivity index (χ1) is 14.9. The number of ether oxygens (including phenoxy) is 1. The molecule has 4 rings (SSSR count). The zero-order chi connectivity index (χ0) is 22.1. The molecule has 7 heteroatoms. The lowest BCUT2D eigenvalue weighted by molar-refractivity contribution is 0.0722. The highest BCUT2D eigenvalue weighted by Gasteiger charge is 2.42. The topological polar surface area (TPSA) is 63.0 Å². The van der Waals surface area contributed by atoms with E-state index in [1.165, 1.54) is 0 Å². The van der Waals surface area contributed by atoms with Gasteiger partial charge in [-0.05, 0) is 63.8 Å². The van der Waals surface area contributed by atoms with Crippen molar-refractivity contribution in [2.24, 2.45) is 0 Å². The molecule has 0 spiro atoms. The third kappa shape index (κ3) is 4.12. The molecule has 0 fully saturated rings. The van der Waals surface area contributed by atoms with Crippen molar-refractivity contribution in [2.45, 2.75) is 19.4 Å². The standard InChI is InChI=1S/C24H25BrN2O4/c1-4-30-17-9-10-18-19(14-17)31-23-20(22(18)28)21(15-7-5-8-16(25)13-15)27(24(23)29)12-6-11-26(2)3/h5,7-10,13-14,21H,4,6,11-12H2,1-3H3. The monoisotopic (exact) mass is 484 g/mol. The maximum absolute atomic E-state index is 13.5. The summed E-state index contributed by atoms with van der Waals surface area (Å²) in [4.78, 5) is 30.7. The van der Waals surface area contributed by atoms with Crippen molar-refractivity contribution >= 4 is 32.8 Å². The van der Waals surface area contributed by atoms with Crippen LogP contribution in [0.1, 0.15) is 41.1 Å². The van der Waals surface area contributed by atoms with Crippen molar-refractivity contribution in [3.8, 4) is 5.75 Å². The Morgan fingerprint density at radius 3 is 2.68 bits per heavy atom. The van der Waals surface area contributed by atoms with Crippen molar-refractivity contribution in [1.29, 1.82) is 0 Å². The summed E-state index contributed by atoms with van der Waals surface area (Å²) in [6.07, 6.45) is 0.791. The first kappa shape index (κ1) is 21.6. The summed E-state index contributed by atoms with van der Waals surface area (Å²) in [7, 11) is 4.00. The average molecular weight is 485 g/mol. The summed E-state index contributed by atoms with van der Waals surface area (Å²) in [5.74, 6) is 0.482. The van der Waals surface area contributed by atoms with Gasteiger partial charge in [0, 0.05) is 17.1 Å². The number of carbonyl (C=O) groups excluding carboxylic acids is 1. The van der Waals surface area contributed by atoms with Gasteiger partial charge in [0.1, 0.15) is 11.3 Å². The molecule has 162 valence electrons. The number of hydrogen-bond acceptors (Lipinski definition) is 5. The number of amides is 1. The maximum atomic E-state index is 13.5. The van der Waals surface area contributed by atoms with E-state index in [1.54, 1.807) is 23.1 Å².